The van der Waals surface area contributed by atoms with E-state index >= 15 is 0 Å². The summed E-state index contributed by atoms with van der Waals surface area (Å²) in [6.45, 7) is 2.28. The van der Waals surface area contributed by atoms with Gasteiger partial charge < -0.3 is 10.2 Å². The van der Waals surface area contributed by atoms with Crippen molar-refractivity contribution in [3.8, 4) is 11.3 Å². The topological polar surface area (TPSA) is 52.0 Å². The molecule has 0 bridgehead atoms. The van der Waals surface area contributed by atoms with Crippen molar-refractivity contribution in [2.75, 3.05) is 0 Å². The van der Waals surface area contributed by atoms with E-state index in [4.69, 9.17) is 21.8 Å². The Morgan fingerprint density at radius 2 is 2.27 bits per heavy atom. The van der Waals surface area contributed by atoms with Crippen LogP contribution in [0.5, 0.6) is 0 Å². The van der Waals surface area contributed by atoms with E-state index in [-0.39, 0.29) is 0 Å². The second kappa shape index (κ2) is 4.04. The molecule has 0 saturated heterocycles. The Labute approximate surface area is 92.9 Å². The predicted molar refractivity (Wildman–Crippen MR) is 59.6 cm³/mol. The van der Waals surface area contributed by atoms with E-state index in [0.717, 1.165) is 11.1 Å². The third-order valence-corrected chi connectivity index (χ3v) is 2.43. The lowest BCUT2D eigenvalue weighted by Gasteiger charge is -2.00. The van der Waals surface area contributed by atoms with Gasteiger partial charge in [-0.3, -0.25) is 0 Å². The lowest BCUT2D eigenvalue weighted by molar-refractivity contribution is 0.509. The molecule has 0 aliphatic heterocycles. The van der Waals surface area contributed by atoms with E-state index in [2.05, 4.69) is 4.98 Å². The van der Waals surface area contributed by atoms with Crippen LogP contribution in [-0.2, 0) is 6.54 Å². The molecule has 0 fully saturated rings. The molecule has 0 aliphatic carbocycles. The summed E-state index contributed by atoms with van der Waals surface area (Å²) >= 11 is 6.10. The van der Waals surface area contributed by atoms with Crippen molar-refractivity contribution in [2.24, 2.45) is 5.73 Å². The lowest BCUT2D eigenvalue weighted by atomic mass is 10.1. The molecule has 2 rings (SSSR count). The minimum Gasteiger partial charge on any atom is -0.439 e. The first-order chi connectivity index (χ1) is 7.20. The number of nitrogens with two attached hydrogens (primary N) is 1. The molecule has 4 heteroatoms. The van der Waals surface area contributed by atoms with E-state index in [1.807, 2.05) is 25.1 Å². The van der Waals surface area contributed by atoms with Crippen LogP contribution in [0.2, 0.25) is 5.02 Å². The summed E-state index contributed by atoms with van der Waals surface area (Å²) in [6.07, 6.45) is 1.64. The molecule has 0 unspecified atom stereocenters. The first-order valence-corrected chi connectivity index (χ1v) is 5.00. The number of nitrogens with zero attached hydrogens (tertiary/aromatic N) is 1. The maximum atomic E-state index is 6.10. The number of rotatable bonds is 2. The van der Waals surface area contributed by atoms with E-state index < -0.39 is 0 Å². The van der Waals surface area contributed by atoms with Gasteiger partial charge in [0.15, 0.2) is 5.76 Å². The minimum atomic E-state index is 0.295. The van der Waals surface area contributed by atoms with E-state index in [9.17, 15) is 0 Å². The summed E-state index contributed by atoms with van der Waals surface area (Å²) in [4.78, 5) is 4.02. The smallest absolute Gasteiger partial charge is 0.208 e. The molecule has 1 aromatic heterocycles. The largest absolute Gasteiger partial charge is 0.439 e. The van der Waals surface area contributed by atoms with Crippen molar-refractivity contribution in [2.45, 2.75) is 13.5 Å². The molecule has 0 radical (unpaired) electrons. The third kappa shape index (κ3) is 2.03. The Hall–Kier alpha value is -1.32. The van der Waals surface area contributed by atoms with Crippen LogP contribution in [0, 0.1) is 6.92 Å². The zero-order valence-corrected chi connectivity index (χ0v) is 9.08. The van der Waals surface area contributed by atoms with Gasteiger partial charge in [-0.05, 0) is 24.6 Å². The number of aromatic nitrogens is 1. The maximum Gasteiger partial charge on any atom is 0.208 e. The SMILES string of the molecule is Cc1ccc(-c2cnc(CN)o2)c(Cl)c1. The Balaban J connectivity index is 2.44. The Morgan fingerprint density at radius 1 is 1.47 bits per heavy atom. The highest BCUT2D eigenvalue weighted by Gasteiger charge is 2.08. The molecule has 1 heterocycles. The molecule has 2 N–H and O–H groups in total. The number of aryl methyl sites for hydroxylation is 1. The van der Waals surface area contributed by atoms with Gasteiger partial charge in [-0.2, -0.15) is 0 Å². The van der Waals surface area contributed by atoms with Crippen LogP contribution in [0.4, 0.5) is 0 Å². The van der Waals surface area contributed by atoms with Crippen molar-refractivity contribution in [1.29, 1.82) is 0 Å². The van der Waals surface area contributed by atoms with Crippen LogP contribution in [0.25, 0.3) is 11.3 Å². The fourth-order valence-corrected chi connectivity index (χ4v) is 1.68. The van der Waals surface area contributed by atoms with Gasteiger partial charge >= 0.3 is 0 Å². The summed E-state index contributed by atoms with van der Waals surface area (Å²) in [7, 11) is 0. The summed E-state index contributed by atoms with van der Waals surface area (Å²) in [5.41, 5.74) is 7.37. The molecule has 2 aromatic rings. The van der Waals surface area contributed by atoms with Gasteiger partial charge in [0.25, 0.3) is 0 Å². The maximum absolute atomic E-state index is 6.10. The van der Waals surface area contributed by atoms with Gasteiger partial charge in [-0.1, -0.05) is 17.7 Å². The first-order valence-electron chi connectivity index (χ1n) is 4.62. The average molecular weight is 223 g/mol. The number of hydrogen-bond donors (Lipinski definition) is 1. The van der Waals surface area contributed by atoms with Crippen molar-refractivity contribution < 1.29 is 4.42 Å². The van der Waals surface area contributed by atoms with Gasteiger partial charge in [-0.25, -0.2) is 4.98 Å². The molecule has 78 valence electrons. The number of halogens is 1. The summed E-state index contributed by atoms with van der Waals surface area (Å²) in [5, 5.41) is 0.662. The molecule has 0 aliphatic rings. The monoisotopic (exact) mass is 222 g/mol. The second-order valence-electron chi connectivity index (χ2n) is 3.31. The molecular formula is C11H11ClN2O. The third-order valence-electron chi connectivity index (χ3n) is 2.12. The normalized spacial score (nSPS) is 10.6. The highest BCUT2D eigenvalue weighted by atomic mass is 35.5. The standard InChI is InChI=1S/C11H11ClN2O/c1-7-2-3-8(9(12)4-7)10-6-14-11(5-13)15-10/h2-4,6H,5,13H2,1H3. The molecular weight excluding hydrogens is 212 g/mol. The van der Waals surface area contributed by atoms with Crippen molar-refractivity contribution in [3.05, 3.63) is 40.9 Å². The number of benzene rings is 1. The molecule has 15 heavy (non-hydrogen) atoms. The lowest BCUT2D eigenvalue weighted by Crippen LogP contribution is -1.94. The van der Waals surface area contributed by atoms with Gasteiger partial charge in [0.05, 0.1) is 17.8 Å². The van der Waals surface area contributed by atoms with Crippen LogP contribution in [0.1, 0.15) is 11.5 Å². The van der Waals surface area contributed by atoms with E-state index in [1.54, 1.807) is 6.20 Å². The van der Waals surface area contributed by atoms with Gasteiger partial charge in [-0.15, -0.1) is 0 Å². The second-order valence-corrected chi connectivity index (χ2v) is 3.71. The van der Waals surface area contributed by atoms with E-state index in [1.165, 1.54) is 0 Å². The van der Waals surface area contributed by atoms with Crippen LogP contribution in [-0.4, -0.2) is 4.98 Å². The number of hydrogen-bond acceptors (Lipinski definition) is 3. The van der Waals surface area contributed by atoms with Crippen LogP contribution in [0.3, 0.4) is 0 Å². The van der Waals surface area contributed by atoms with Crippen molar-refractivity contribution in [3.63, 3.8) is 0 Å². The van der Waals surface area contributed by atoms with E-state index in [0.29, 0.717) is 23.2 Å². The first kappa shape index (κ1) is 10.2. The van der Waals surface area contributed by atoms with Crippen molar-refractivity contribution >= 4 is 11.6 Å². The minimum absolute atomic E-state index is 0.295. The van der Waals surface area contributed by atoms with Gasteiger partial charge in [0.1, 0.15) is 0 Å². The molecule has 0 saturated carbocycles. The molecule has 0 atom stereocenters. The molecule has 0 amide bonds. The fourth-order valence-electron chi connectivity index (χ4n) is 1.35. The molecule has 0 spiro atoms. The van der Waals surface area contributed by atoms with Crippen LogP contribution >= 0.6 is 11.6 Å². The molecule has 1 aromatic carbocycles. The molecule has 3 nitrogen and oxygen atoms in total. The zero-order valence-electron chi connectivity index (χ0n) is 8.33. The van der Waals surface area contributed by atoms with Gasteiger partial charge in [0.2, 0.25) is 5.89 Å². The zero-order chi connectivity index (χ0) is 10.8. The highest BCUT2D eigenvalue weighted by molar-refractivity contribution is 6.33. The van der Waals surface area contributed by atoms with Gasteiger partial charge in [0, 0.05) is 5.56 Å². The quantitative estimate of drug-likeness (QED) is 0.850. The average Bonchev–Trinajstić information content (AvgIpc) is 2.66. The Bertz CT molecular complexity index is 479. The Kier molecular flexibility index (Phi) is 2.75. The summed E-state index contributed by atoms with van der Waals surface area (Å²) in [6, 6.07) is 5.78. The number of oxazole rings is 1. The predicted octanol–water partition coefficient (Wildman–Crippen LogP) is 2.76. The highest BCUT2D eigenvalue weighted by Crippen LogP contribution is 2.28. The van der Waals surface area contributed by atoms with Crippen LogP contribution < -0.4 is 5.73 Å². The summed E-state index contributed by atoms with van der Waals surface area (Å²) < 4.78 is 5.42. The van der Waals surface area contributed by atoms with Crippen LogP contribution in [0.15, 0.2) is 28.8 Å². The Morgan fingerprint density at radius 3 is 2.87 bits per heavy atom. The fraction of sp³-hybridized carbons (Fsp3) is 0.182. The summed E-state index contributed by atoms with van der Waals surface area (Å²) in [5.74, 6) is 1.17. The van der Waals surface area contributed by atoms with Crippen molar-refractivity contribution in [1.82, 2.24) is 4.98 Å².